The van der Waals surface area contributed by atoms with Gasteiger partial charge in [-0.25, -0.2) is 0 Å². The highest BCUT2D eigenvalue weighted by Crippen LogP contribution is 2.32. The summed E-state index contributed by atoms with van der Waals surface area (Å²) < 4.78 is 0. The van der Waals surface area contributed by atoms with Crippen molar-refractivity contribution in [2.75, 3.05) is 45.9 Å². The number of piperazine rings is 2. The first-order chi connectivity index (χ1) is 9.84. The lowest BCUT2D eigenvalue weighted by Crippen LogP contribution is -2.57. The van der Waals surface area contributed by atoms with Gasteiger partial charge in [0.1, 0.15) is 0 Å². The third kappa shape index (κ3) is 3.29. The monoisotopic (exact) mass is 294 g/mol. The van der Waals surface area contributed by atoms with Crippen LogP contribution in [0.5, 0.6) is 0 Å². The minimum absolute atomic E-state index is 0.330. The third-order valence-electron chi connectivity index (χ3n) is 5.76. The number of likely N-dealkylation sites (tertiary alicyclic amines) is 2. The van der Waals surface area contributed by atoms with E-state index in [0.717, 1.165) is 18.1 Å². The van der Waals surface area contributed by atoms with E-state index in [4.69, 9.17) is 0 Å². The van der Waals surface area contributed by atoms with Crippen LogP contribution in [-0.2, 0) is 0 Å². The Hall–Kier alpha value is -0.160. The van der Waals surface area contributed by atoms with Crippen LogP contribution in [0.15, 0.2) is 0 Å². The minimum atomic E-state index is 0.330. The Kier molecular flexibility index (Phi) is 4.34. The van der Waals surface area contributed by atoms with Crippen LogP contribution in [-0.4, -0.2) is 89.2 Å². The number of nitrogens with zero attached hydrogens (tertiary/aromatic N) is 4. The SMILES string of the molecule is CC(C)N1CC2CC1CN2CN1CCN(C(C)(C)C)CC1. The molecule has 122 valence electrons. The normalized spacial score (nSPS) is 33.4. The fraction of sp³-hybridized carbons (Fsp3) is 1.00. The second-order valence-corrected chi connectivity index (χ2v) is 8.52. The topological polar surface area (TPSA) is 13.0 Å². The summed E-state index contributed by atoms with van der Waals surface area (Å²) in [6.07, 6.45) is 1.40. The first-order valence-electron chi connectivity index (χ1n) is 8.82. The van der Waals surface area contributed by atoms with Crippen LogP contribution in [0.25, 0.3) is 0 Å². The van der Waals surface area contributed by atoms with Crippen molar-refractivity contribution in [1.29, 1.82) is 0 Å². The van der Waals surface area contributed by atoms with Crippen molar-refractivity contribution in [3.05, 3.63) is 0 Å². The largest absolute Gasteiger partial charge is 0.296 e. The molecule has 4 nitrogen and oxygen atoms in total. The zero-order chi connectivity index (χ0) is 15.2. The van der Waals surface area contributed by atoms with Gasteiger partial charge in [-0.1, -0.05) is 0 Å². The van der Waals surface area contributed by atoms with Crippen LogP contribution in [0, 0.1) is 0 Å². The fourth-order valence-corrected chi connectivity index (χ4v) is 4.40. The lowest BCUT2D eigenvalue weighted by Gasteiger charge is -2.44. The van der Waals surface area contributed by atoms with Gasteiger partial charge >= 0.3 is 0 Å². The number of fused-ring (bicyclic) bond motifs is 2. The minimum Gasteiger partial charge on any atom is -0.296 e. The molecular weight excluding hydrogens is 260 g/mol. The van der Waals surface area contributed by atoms with E-state index in [9.17, 15) is 0 Å². The van der Waals surface area contributed by atoms with Crippen molar-refractivity contribution >= 4 is 0 Å². The smallest absolute Gasteiger partial charge is 0.0511 e. The van der Waals surface area contributed by atoms with Crippen molar-refractivity contribution in [1.82, 2.24) is 19.6 Å². The molecule has 0 saturated carbocycles. The van der Waals surface area contributed by atoms with Crippen LogP contribution in [0.4, 0.5) is 0 Å². The van der Waals surface area contributed by atoms with Crippen LogP contribution in [0.3, 0.4) is 0 Å². The Morgan fingerprint density at radius 3 is 2.10 bits per heavy atom. The number of hydrogen-bond acceptors (Lipinski definition) is 4. The second-order valence-electron chi connectivity index (χ2n) is 8.52. The van der Waals surface area contributed by atoms with Crippen LogP contribution in [0.1, 0.15) is 41.0 Å². The van der Waals surface area contributed by atoms with E-state index in [2.05, 4.69) is 54.2 Å². The maximum Gasteiger partial charge on any atom is 0.0511 e. The molecule has 0 aliphatic carbocycles. The van der Waals surface area contributed by atoms with E-state index in [1.165, 1.54) is 52.4 Å². The van der Waals surface area contributed by atoms with Gasteiger partial charge in [0.15, 0.2) is 0 Å². The van der Waals surface area contributed by atoms with Gasteiger partial charge in [0, 0.05) is 62.9 Å². The van der Waals surface area contributed by atoms with E-state index in [1.807, 2.05) is 0 Å². The molecule has 3 heterocycles. The number of rotatable bonds is 3. The van der Waals surface area contributed by atoms with Crippen LogP contribution in [0.2, 0.25) is 0 Å². The average molecular weight is 294 g/mol. The van der Waals surface area contributed by atoms with Gasteiger partial charge in [-0.05, 0) is 41.0 Å². The van der Waals surface area contributed by atoms with Gasteiger partial charge in [0.05, 0.1) is 6.67 Å². The van der Waals surface area contributed by atoms with Crippen molar-refractivity contribution < 1.29 is 0 Å². The van der Waals surface area contributed by atoms with Gasteiger partial charge in [-0.3, -0.25) is 19.6 Å². The summed E-state index contributed by atoms with van der Waals surface area (Å²) in [6.45, 7) is 20.4. The molecule has 2 unspecified atom stereocenters. The van der Waals surface area contributed by atoms with Crippen LogP contribution < -0.4 is 0 Å². The Morgan fingerprint density at radius 2 is 1.62 bits per heavy atom. The molecule has 0 aromatic carbocycles. The third-order valence-corrected chi connectivity index (χ3v) is 5.76. The summed E-state index contributed by atoms with van der Waals surface area (Å²) >= 11 is 0. The molecule has 0 aromatic heterocycles. The maximum atomic E-state index is 2.75. The molecular formula is C17H34N4. The molecule has 21 heavy (non-hydrogen) atoms. The molecule has 3 fully saturated rings. The molecule has 2 bridgehead atoms. The lowest BCUT2D eigenvalue weighted by molar-refractivity contribution is 0.0132. The molecule has 0 amide bonds. The summed E-state index contributed by atoms with van der Waals surface area (Å²) in [7, 11) is 0. The maximum absolute atomic E-state index is 2.75. The highest BCUT2D eigenvalue weighted by atomic mass is 15.4. The molecule has 0 spiro atoms. The molecule has 2 atom stereocenters. The van der Waals surface area contributed by atoms with Crippen molar-refractivity contribution in [3.8, 4) is 0 Å². The summed E-state index contributed by atoms with van der Waals surface area (Å²) in [5.41, 5.74) is 0.330. The van der Waals surface area contributed by atoms with Gasteiger partial charge in [-0.2, -0.15) is 0 Å². The predicted octanol–water partition coefficient (Wildman–Crippen LogP) is 1.53. The Labute approximate surface area is 131 Å². The average Bonchev–Trinajstić information content (AvgIpc) is 2.98. The van der Waals surface area contributed by atoms with Gasteiger partial charge in [0.2, 0.25) is 0 Å². The quantitative estimate of drug-likeness (QED) is 0.782. The van der Waals surface area contributed by atoms with E-state index in [0.29, 0.717) is 5.54 Å². The summed E-state index contributed by atoms with van der Waals surface area (Å²) in [5, 5.41) is 0. The van der Waals surface area contributed by atoms with E-state index < -0.39 is 0 Å². The zero-order valence-corrected chi connectivity index (χ0v) is 14.7. The molecule has 3 aliphatic heterocycles. The zero-order valence-electron chi connectivity index (χ0n) is 14.7. The van der Waals surface area contributed by atoms with Crippen molar-refractivity contribution in [3.63, 3.8) is 0 Å². The lowest BCUT2D eigenvalue weighted by atomic mass is 10.1. The first-order valence-corrected chi connectivity index (χ1v) is 8.82. The molecule has 0 radical (unpaired) electrons. The predicted molar refractivity (Wildman–Crippen MR) is 88.5 cm³/mol. The fourth-order valence-electron chi connectivity index (χ4n) is 4.40. The molecule has 3 rings (SSSR count). The molecule has 3 saturated heterocycles. The highest BCUT2D eigenvalue weighted by Gasteiger charge is 2.44. The molecule has 3 aliphatic rings. The van der Waals surface area contributed by atoms with Gasteiger partial charge < -0.3 is 0 Å². The molecule has 0 aromatic rings. The highest BCUT2D eigenvalue weighted by molar-refractivity contribution is 5.00. The van der Waals surface area contributed by atoms with Crippen molar-refractivity contribution in [2.45, 2.75) is 64.7 Å². The summed E-state index contributed by atoms with van der Waals surface area (Å²) in [4.78, 5) is 10.7. The van der Waals surface area contributed by atoms with Gasteiger partial charge in [-0.15, -0.1) is 0 Å². The molecule has 0 N–H and O–H groups in total. The van der Waals surface area contributed by atoms with E-state index >= 15 is 0 Å². The summed E-state index contributed by atoms with van der Waals surface area (Å²) in [5.74, 6) is 0. The van der Waals surface area contributed by atoms with Crippen LogP contribution >= 0.6 is 0 Å². The Bertz CT molecular complexity index is 354. The Morgan fingerprint density at radius 1 is 0.952 bits per heavy atom. The van der Waals surface area contributed by atoms with E-state index in [1.54, 1.807) is 0 Å². The second kappa shape index (κ2) is 5.80. The number of hydrogen-bond donors (Lipinski definition) is 0. The first kappa shape index (κ1) is 15.7. The van der Waals surface area contributed by atoms with E-state index in [-0.39, 0.29) is 0 Å². The Balaban J connectivity index is 1.46. The standard InChI is InChI=1S/C17H34N4/c1-14(2)21-12-15-10-16(21)11-19(15)13-18-6-8-20(9-7-18)17(3,4)5/h14-16H,6-13H2,1-5H3. The van der Waals surface area contributed by atoms with Gasteiger partial charge in [0.25, 0.3) is 0 Å². The summed E-state index contributed by atoms with van der Waals surface area (Å²) in [6, 6.07) is 2.36. The molecule has 4 heteroatoms. The van der Waals surface area contributed by atoms with Crippen molar-refractivity contribution in [2.24, 2.45) is 0 Å².